The van der Waals surface area contributed by atoms with Gasteiger partial charge in [0.25, 0.3) is 0 Å². The van der Waals surface area contributed by atoms with E-state index in [0.717, 1.165) is 44.1 Å². The molecule has 34 heavy (non-hydrogen) atoms. The second-order valence-corrected chi connectivity index (χ2v) is 8.45. The second-order valence-electron chi connectivity index (χ2n) is 8.45. The fourth-order valence-corrected chi connectivity index (χ4v) is 3.70. The number of unbranched alkanes of at least 4 members (excludes halogenated alkanes) is 1. The van der Waals surface area contributed by atoms with Gasteiger partial charge in [0.2, 0.25) is 5.91 Å². The smallest absolute Gasteiger partial charge is 0.220 e. The highest BCUT2D eigenvalue weighted by Gasteiger charge is 2.17. The fraction of sp³-hybridized carbons (Fsp3) is 0.533. The van der Waals surface area contributed by atoms with Crippen LogP contribution in [0.5, 0.6) is 0 Å². The predicted molar refractivity (Wildman–Crippen MR) is 149 cm³/mol. The summed E-state index contributed by atoms with van der Waals surface area (Å²) in [6.07, 6.45) is 7.65. The molecule has 2 atom stereocenters. The highest BCUT2D eigenvalue weighted by atomic mass is 16.1. The molecule has 2 aromatic carbocycles. The summed E-state index contributed by atoms with van der Waals surface area (Å²) < 4.78 is 0. The molecule has 4 heteroatoms. The van der Waals surface area contributed by atoms with Crippen molar-refractivity contribution in [3.8, 4) is 0 Å². The molecule has 0 heterocycles. The molecule has 0 aliphatic rings. The fourth-order valence-electron chi connectivity index (χ4n) is 3.70. The number of rotatable bonds is 12. The van der Waals surface area contributed by atoms with Gasteiger partial charge in [-0.2, -0.15) is 0 Å². The maximum Gasteiger partial charge on any atom is 0.220 e. The number of amides is 1. The maximum absolute atomic E-state index is 12.4. The molecule has 1 amide bonds. The number of amidine groups is 1. The first-order valence-corrected chi connectivity index (χ1v) is 13.2. The van der Waals surface area contributed by atoms with Crippen molar-refractivity contribution in [3.63, 3.8) is 0 Å². The number of aryl methyl sites for hydroxylation is 1. The van der Waals surface area contributed by atoms with E-state index in [1.54, 1.807) is 0 Å². The number of nitrogens with two attached hydrogens (primary N) is 1. The van der Waals surface area contributed by atoms with Crippen molar-refractivity contribution < 1.29 is 4.79 Å². The topological polar surface area (TPSA) is 79.0 Å². The Morgan fingerprint density at radius 3 is 2.00 bits per heavy atom. The summed E-state index contributed by atoms with van der Waals surface area (Å²) in [5, 5.41) is 10.7. The van der Waals surface area contributed by atoms with E-state index < -0.39 is 0 Å². The van der Waals surface area contributed by atoms with Gasteiger partial charge in [0.15, 0.2) is 0 Å². The van der Waals surface area contributed by atoms with Gasteiger partial charge >= 0.3 is 0 Å². The molecule has 4 nitrogen and oxygen atoms in total. The van der Waals surface area contributed by atoms with Crippen LogP contribution in [0.25, 0.3) is 0 Å². The molecule has 0 spiro atoms. The van der Waals surface area contributed by atoms with Gasteiger partial charge in [-0.1, -0.05) is 103 Å². The van der Waals surface area contributed by atoms with Crippen molar-refractivity contribution in [2.75, 3.05) is 0 Å². The molecule has 0 aliphatic carbocycles. The van der Waals surface area contributed by atoms with Gasteiger partial charge in [-0.05, 0) is 55.6 Å². The lowest BCUT2D eigenvalue weighted by Gasteiger charge is -2.23. The SMILES string of the molecule is CC.CCC.CCC(CC(CC)c1ccccc1)NC(=O)CCCCc1ccc(C(=N)N)cc1. The second kappa shape index (κ2) is 19.8. The predicted octanol–water partition coefficient (Wildman–Crippen LogP) is 7.60. The zero-order valence-electron chi connectivity index (χ0n) is 22.5. The Balaban J connectivity index is 0.00000201. The van der Waals surface area contributed by atoms with Crippen molar-refractivity contribution >= 4 is 11.7 Å². The molecule has 0 radical (unpaired) electrons. The molecular formula is C30H49N3O. The summed E-state index contributed by atoms with van der Waals surface area (Å²) in [4.78, 5) is 12.4. The van der Waals surface area contributed by atoms with Crippen molar-refractivity contribution in [2.45, 2.75) is 105 Å². The highest BCUT2D eigenvalue weighted by molar-refractivity contribution is 5.94. The number of nitrogens with one attached hydrogen (secondary N) is 2. The van der Waals surface area contributed by atoms with E-state index in [1.165, 1.54) is 17.5 Å². The summed E-state index contributed by atoms with van der Waals surface area (Å²) in [5.74, 6) is 0.738. The van der Waals surface area contributed by atoms with Gasteiger partial charge in [-0.3, -0.25) is 10.2 Å². The molecule has 0 bridgehead atoms. The third-order valence-corrected chi connectivity index (χ3v) is 5.57. The van der Waals surface area contributed by atoms with Crippen LogP contribution in [-0.2, 0) is 11.2 Å². The third-order valence-electron chi connectivity index (χ3n) is 5.57. The Bertz CT molecular complexity index is 771. The number of nitrogen functional groups attached to an aromatic ring is 1. The first-order chi connectivity index (χ1) is 16.4. The molecule has 0 aliphatic heterocycles. The van der Waals surface area contributed by atoms with E-state index in [9.17, 15) is 4.79 Å². The van der Waals surface area contributed by atoms with E-state index in [4.69, 9.17) is 11.1 Å². The van der Waals surface area contributed by atoms with E-state index in [-0.39, 0.29) is 17.8 Å². The molecule has 2 unspecified atom stereocenters. The van der Waals surface area contributed by atoms with Gasteiger partial charge in [-0.25, -0.2) is 0 Å². The zero-order chi connectivity index (χ0) is 25.8. The standard InChI is InChI=1S/C25H35N3O.C3H8.C2H6/c1-3-20(21-11-6-5-7-12-21)18-23(4-2)28-24(29)13-9-8-10-19-14-16-22(17-15-19)25(26)27;1-3-2;1-2/h5-7,11-12,14-17,20,23H,3-4,8-10,13,18H2,1-2H3,(H3,26,27)(H,28,29);3H2,1-2H3;1-2H3. The molecule has 0 fully saturated rings. The molecular weight excluding hydrogens is 418 g/mol. The lowest BCUT2D eigenvalue weighted by atomic mass is 9.89. The van der Waals surface area contributed by atoms with Crippen LogP contribution in [0.1, 0.15) is 109 Å². The zero-order valence-corrected chi connectivity index (χ0v) is 22.5. The van der Waals surface area contributed by atoms with Gasteiger partial charge in [0.1, 0.15) is 5.84 Å². The van der Waals surface area contributed by atoms with Crippen molar-refractivity contribution in [1.82, 2.24) is 5.32 Å². The molecule has 0 aromatic heterocycles. The van der Waals surface area contributed by atoms with E-state index >= 15 is 0 Å². The summed E-state index contributed by atoms with van der Waals surface area (Å²) in [6.45, 7) is 12.6. The number of carbonyl (C=O) groups excluding carboxylic acids is 1. The Labute approximate surface area is 209 Å². The normalized spacial score (nSPS) is 11.7. The average molecular weight is 468 g/mol. The lowest BCUT2D eigenvalue weighted by Crippen LogP contribution is -2.35. The van der Waals surface area contributed by atoms with Crippen LogP contribution in [0.2, 0.25) is 0 Å². The van der Waals surface area contributed by atoms with Crippen LogP contribution in [0.15, 0.2) is 54.6 Å². The van der Waals surface area contributed by atoms with Gasteiger partial charge in [0, 0.05) is 18.0 Å². The summed E-state index contributed by atoms with van der Waals surface area (Å²) in [5.41, 5.74) is 8.81. The minimum absolute atomic E-state index is 0.0938. The van der Waals surface area contributed by atoms with Crippen LogP contribution < -0.4 is 11.1 Å². The molecule has 2 aromatic rings. The maximum atomic E-state index is 12.4. The van der Waals surface area contributed by atoms with Gasteiger partial charge < -0.3 is 11.1 Å². The Kier molecular flexibility index (Phi) is 18.3. The minimum atomic E-state index is 0.0938. The van der Waals surface area contributed by atoms with Crippen LogP contribution >= 0.6 is 0 Å². The van der Waals surface area contributed by atoms with Crippen LogP contribution in [0.4, 0.5) is 0 Å². The lowest BCUT2D eigenvalue weighted by molar-refractivity contribution is -0.122. The molecule has 4 N–H and O–H groups in total. The number of hydrogen-bond donors (Lipinski definition) is 3. The average Bonchev–Trinajstić information content (AvgIpc) is 2.87. The number of hydrogen-bond acceptors (Lipinski definition) is 2. The molecule has 0 saturated carbocycles. The van der Waals surface area contributed by atoms with E-state index in [1.807, 2.05) is 44.2 Å². The number of benzene rings is 2. The third kappa shape index (κ3) is 13.2. The highest BCUT2D eigenvalue weighted by Crippen LogP contribution is 2.25. The quantitative estimate of drug-likeness (QED) is 0.171. The Morgan fingerprint density at radius 2 is 1.50 bits per heavy atom. The Hall–Kier alpha value is -2.62. The monoisotopic (exact) mass is 467 g/mol. The minimum Gasteiger partial charge on any atom is -0.384 e. The van der Waals surface area contributed by atoms with Crippen LogP contribution in [0.3, 0.4) is 0 Å². The summed E-state index contributed by atoms with van der Waals surface area (Å²) in [7, 11) is 0. The number of carbonyl (C=O) groups is 1. The van der Waals surface area contributed by atoms with Crippen LogP contribution in [-0.4, -0.2) is 17.8 Å². The first kappa shape index (κ1) is 31.4. The summed E-state index contributed by atoms with van der Waals surface area (Å²) >= 11 is 0. The molecule has 2 rings (SSSR count). The van der Waals surface area contributed by atoms with E-state index in [0.29, 0.717) is 12.3 Å². The van der Waals surface area contributed by atoms with Crippen LogP contribution in [0, 0.1) is 5.41 Å². The molecule has 0 saturated heterocycles. The Morgan fingerprint density at radius 1 is 0.912 bits per heavy atom. The van der Waals surface area contributed by atoms with Crippen molar-refractivity contribution in [2.24, 2.45) is 5.73 Å². The van der Waals surface area contributed by atoms with E-state index in [2.05, 4.69) is 57.3 Å². The summed E-state index contributed by atoms with van der Waals surface area (Å²) in [6, 6.07) is 18.6. The first-order valence-electron chi connectivity index (χ1n) is 13.2. The van der Waals surface area contributed by atoms with Gasteiger partial charge in [-0.15, -0.1) is 0 Å². The largest absolute Gasteiger partial charge is 0.384 e. The van der Waals surface area contributed by atoms with Crippen molar-refractivity contribution in [1.29, 1.82) is 5.41 Å². The molecule has 190 valence electrons. The van der Waals surface area contributed by atoms with Gasteiger partial charge in [0.05, 0.1) is 0 Å². The van der Waals surface area contributed by atoms with Crippen molar-refractivity contribution in [3.05, 3.63) is 71.3 Å².